The number of carboxylic acids is 1. The highest BCUT2D eigenvalue weighted by molar-refractivity contribution is 5.85. The molecule has 0 fully saturated rings. The number of aromatic nitrogens is 2. The summed E-state index contributed by atoms with van der Waals surface area (Å²) in [4.78, 5) is 15.6. The van der Waals surface area contributed by atoms with Gasteiger partial charge in [0.15, 0.2) is 6.10 Å². The van der Waals surface area contributed by atoms with Gasteiger partial charge >= 0.3 is 5.97 Å². The van der Waals surface area contributed by atoms with Crippen molar-refractivity contribution >= 4 is 30.8 Å². The van der Waals surface area contributed by atoms with Crippen LogP contribution >= 0.6 is 24.8 Å². The van der Waals surface area contributed by atoms with Gasteiger partial charge in [-0.2, -0.15) is 0 Å². The number of benzene rings is 2. The minimum absolute atomic E-state index is 0. The molecule has 6 nitrogen and oxygen atoms in total. The standard InChI is InChI=1S/C23H27N3O3.2ClH/c24-11-13-29-22(23(27)28)15-21-16-26(17-25-21)12-5-7-18-6-4-10-20(14-18)19-8-2-1-3-9-19;;/h1-4,6,8-10,14,16-17,22H,5,7,11-13,15,24H2,(H,27,28);2*1H. The third-order valence-corrected chi connectivity index (χ3v) is 4.71. The van der Waals surface area contributed by atoms with Crippen LogP contribution in [0.3, 0.4) is 0 Å². The van der Waals surface area contributed by atoms with Gasteiger partial charge in [0.05, 0.1) is 18.6 Å². The normalized spacial score (nSPS) is 11.3. The van der Waals surface area contributed by atoms with Crippen LogP contribution in [0, 0.1) is 0 Å². The summed E-state index contributed by atoms with van der Waals surface area (Å²) in [6.07, 6.45) is 4.90. The van der Waals surface area contributed by atoms with Crippen molar-refractivity contribution in [2.75, 3.05) is 13.2 Å². The number of aryl methyl sites for hydroxylation is 2. The maximum Gasteiger partial charge on any atom is 0.333 e. The first-order valence-corrected chi connectivity index (χ1v) is 9.85. The Morgan fingerprint density at radius 1 is 1.10 bits per heavy atom. The summed E-state index contributed by atoms with van der Waals surface area (Å²) in [7, 11) is 0. The first-order chi connectivity index (χ1) is 14.2. The van der Waals surface area contributed by atoms with Gasteiger partial charge in [-0.1, -0.05) is 54.6 Å². The molecule has 3 aromatic rings. The van der Waals surface area contributed by atoms with E-state index in [9.17, 15) is 9.90 Å². The maximum absolute atomic E-state index is 11.3. The summed E-state index contributed by atoms with van der Waals surface area (Å²) in [5, 5.41) is 9.24. The lowest BCUT2D eigenvalue weighted by Crippen LogP contribution is -2.28. The fraction of sp³-hybridized carbons (Fsp3) is 0.304. The maximum atomic E-state index is 11.3. The number of carboxylic acid groups (broad SMARTS) is 1. The molecule has 0 saturated carbocycles. The molecule has 0 amide bonds. The van der Waals surface area contributed by atoms with Gasteiger partial charge in [-0.3, -0.25) is 0 Å². The zero-order valence-electron chi connectivity index (χ0n) is 17.2. The van der Waals surface area contributed by atoms with Crippen molar-refractivity contribution in [3.8, 4) is 11.1 Å². The van der Waals surface area contributed by atoms with Crippen molar-refractivity contribution in [3.63, 3.8) is 0 Å². The van der Waals surface area contributed by atoms with Gasteiger partial charge < -0.3 is 20.1 Å². The van der Waals surface area contributed by atoms with E-state index in [-0.39, 0.29) is 37.8 Å². The third kappa shape index (κ3) is 8.34. The number of nitrogens with two attached hydrogens (primary N) is 1. The zero-order chi connectivity index (χ0) is 20.5. The Kier molecular flexibility index (Phi) is 11.9. The van der Waals surface area contributed by atoms with Crippen molar-refractivity contribution in [2.45, 2.75) is 31.9 Å². The number of nitrogens with zero attached hydrogens (tertiary/aromatic N) is 2. The lowest BCUT2D eigenvalue weighted by molar-refractivity contribution is -0.150. The van der Waals surface area contributed by atoms with Gasteiger partial charge in [0.25, 0.3) is 0 Å². The average Bonchev–Trinajstić information content (AvgIpc) is 3.19. The van der Waals surface area contributed by atoms with Crippen LogP contribution in [0.1, 0.15) is 17.7 Å². The monoisotopic (exact) mass is 465 g/mol. The first-order valence-electron chi connectivity index (χ1n) is 9.85. The summed E-state index contributed by atoms with van der Waals surface area (Å²) < 4.78 is 7.28. The molecule has 0 aliphatic heterocycles. The van der Waals surface area contributed by atoms with Crippen LogP contribution in [-0.2, 0) is 28.9 Å². The molecule has 0 spiro atoms. The van der Waals surface area contributed by atoms with Gasteiger partial charge in [-0.25, -0.2) is 9.78 Å². The summed E-state index contributed by atoms with van der Waals surface area (Å²) in [5.74, 6) is -0.994. The van der Waals surface area contributed by atoms with Crippen LogP contribution in [0.4, 0.5) is 0 Å². The summed E-state index contributed by atoms with van der Waals surface area (Å²) in [6.45, 7) is 1.34. The molecular formula is C23H29Cl2N3O3. The van der Waals surface area contributed by atoms with E-state index in [4.69, 9.17) is 10.5 Å². The Balaban J connectivity index is 0.00000240. The zero-order valence-corrected chi connectivity index (χ0v) is 18.9. The molecule has 168 valence electrons. The molecule has 0 aliphatic rings. The number of imidazole rings is 1. The van der Waals surface area contributed by atoms with Gasteiger partial charge in [0.2, 0.25) is 0 Å². The second-order valence-corrected chi connectivity index (χ2v) is 6.96. The highest BCUT2D eigenvalue weighted by Crippen LogP contribution is 2.20. The van der Waals surface area contributed by atoms with E-state index in [1.54, 1.807) is 6.33 Å². The van der Waals surface area contributed by atoms with Crippen molar-refractivity contribution in [1.29, 1.82) is 0 Å². The largest absolute Gasteiger partial charge is 0.479 e. The lowest BCUT2D eigenvalue weighted by atomic mass is 10.0. The summed E-state index contributed by atoms with van der Waals surface area (Å²) in [5.41, 5.74) is 9.84. The molecule has 3 rings (SSSR count). The Morgan fingerprint density at radius 3 is 2.55 bits per heavy atom. The molecular weight excluding hydrogens is 437 g/mol. The molecule has 3 N–H and O–H groups in total. The van der Waals surface area contributed by atoms with Crippen LogP contribution in [0.2, 0.25) is 0 Å². The average molecular weight is 466 g/mol. The van der Waals surface area contributed by atoms with Gasteiger partial charge in [-0.15, -0.1) is 24.8 Å². The van der Waals surface area contributed by atoms with Gasteiger partial charge in [-0.05, 0) is 29.5 Å². The lowest BCUT2D eigenvalue weighted by Gasteiger charge is -2.11. The van der Waals surface area contributed by atoms with Crippen LogP contribution in [0.15, 0.2) is 67.1 Å². The number of ether oxygens (including phenoxy) is 1. The second-order valence-electron chi connectivity index (χ2n) is 6.96. The Bertz CT molecular complexity index is 919. The van der Waals surface area contributed by atoms with E-state index >= 15 is 0 Å². The van der Waals surface area contributed by atoms with Gasteiger partial charge in [0, 0.05) is 25.7 Å². The summed E-state index contributed by atoms with van der Waals surface area (Å²) in [6, 6.07) is 19.0. The SMILES string of the molecule is Cl.Cl.NCCOC(Cc1cn(CCCc2cccc(-c3ccccc3)c2)cn1)C(=O)O. The minimum Gasteiger partial charge on any atom is -0.479 e. The Morgan fingerprint density at radius 2 is 1.84 bits per heavy atom. The smallest absolute Gasteiger partial charge is 0.333 e. The molecule has 1 heterocycles. The van der Waals surface area contributed by atoms with E-state index in [1.807, 2.05) is 16.8 Å². The van der Waals surface area contributed by atoms with E-state index in [2.05, 4.69) is 53.5 Å². The highest BCUT2D eigenvalue weighted by Gasteiger charge is 2.19. The number of rotatable bonds is 11. The van der Waals surface area contributed by atoms with Crippen LogP contribution < -0.4 is 5.73 Å². The molecule has 0 aliphatic carbocycles. The predicted molar refractivity (Wildman–Crippen MR) is 127 cm³/mol. The number of aliphatic carboxylic acids is 1. The quantitative estimate of drug-likeness (QED) is 0.446. The highest BCUT2D eigenvalue weighted by atomic mass is 35.5. The van der Waals surface area contributed by atoms with Crippen LogP contribution in [0.25, 0.3) is 11.1 Å². The molecule has 31 heavy (non-hydrogen) atoms. The predicted octanol–water partition coefficient (Wildman–Crippen LogP) is 4.00. The molecule has 8 heteroatoms. The molecule has 1 atom stereocenters. The Labute approximate surface area is 195 Å². The van der Waals surface area contributed by atoms with Crippen LogP contribution in [0.5, 0.6) is 0 Å². The van der Waals surface area contributed by atoms with Gasteiger partial charge in [0.1, 0.15) is 0 Å². The molecule has 0 saturated heterocycles. The first kappa shape index (κ1) is 26.7. The number of hydrogen-bond acceptors (Lipinski definition) is 4. The van der Waals surface area contributed by atoms with Crippen molar-refractivity contribution < 1.29 is 14.6 Å². The molecule has 0 bridgehead atoms. The number of hydrogen-bond donors (Lipinski definition) is 2. The third-order valence-electron chi connectivity index (χ3n) is 4.71. The van der Waals surface area contributed by atoms with Crippen molar-refractivity contribution in [2.24, 2.45) is 5.73 Å². The van der Waals surface area contributed by atoms with Crippen molar-refractivity contribution in [3.05, 3.63) is 78.4 Å². The van der Waals surface area contributed by atoms with Crippen LogP contribution in [-0.4, -0.2) is 39.9 Å². The van der Waals surface area contributed by atoms with Crippen molar-refractivity contribution in [1.82, 2.24) is 9.55 Å². The molecule has 1 aromatic heterocycles. The van der Waals surface area contributed by atoms with E-state index in [1.165, 1.54) is 16.7 Å². The fourth-order valence-corrected chi connectivity index (χ4v) is 3.25. The van der Waals surface area contributed by atoms with E-state index in [0.717, 1.165) is 19.4 Å². The topological polar surface area (TPSA) is 90.4 Å². The summed E-state index contributed by atoms with van der Waals surface area (Å²) >= 11 is 0. The molecule has 1 unspecified atom stereocenters. The second kappa shape index (κ2) is 13.8. The number of halogens is 2. The molecule has 0 radical (unpaired) electrons. The van der Waals surface area contributed by atoms with E-state index in [0.29, 0.717) is 12.2 Å². The Hall–Kier alpha value is -2.38. The van der Waals surface area contributed by atoms with E-state index < -0.39 is 12.1 Å². The molecule has 2 aromatic carbocycles. The minimum atomic E-state index is -0.994. The fourth-order valence-electron chi connectivity index (χ4n) is 3.25. The number of carbonyl (C=O) groups is 1.